The third-order valence-corrected chi connectivity index (χ3v) is 1.74. The molecule has 2 radical (unpaired) electrons. The summed E-state index contributed by atoms with van der Waals surface area (Å²) in [5.41, 5.74) is 0. The molecule has 0 aromatic carbocycles. The minimum absolute atomic E-state index is 0. The zero-order valence-electron chi connectivity index (χ0n) is 14.8. The van der Waals surface area contributed by atoms with Gasteiger partial charge in [-0.15, -0.1) is 0 Å². The molecule has 0 N–H and O–H groups in total. The normalized spacial score (nSPS) is 10.1. The van der Waals surface area contributed by atoms with E-state index in [1.807, 2.05) is 12.5 Å². The smallest absolute Gasteiger partial charge is 0.542 e. The van der Waals surface area contributed by atoms with Crippen LogP contribution in [0.2, 0.25) is 0 Å². The molecule has 8 nitrogen and oxygen atoms in total. The fraction of sp³-hybridized carbons (Fsp3) is 0.500. The van der Waals surface area contributed by atoms with Crippen LogP contribution in [0.4, 0.5) is 44.2 Å². The molecule has 0 unspecified atom stereocenters. The summed E-state index contributed by atoms with van der Waals surface area (Å²) in [4.78, 5) is 30.3. The Morgan fingerprint density at radius 2 is 1.06 bits per heavy atom. The average molecular weight is 608 g/mol. The first-order chi connectivity index (χ1) is 12.8. The second-order valence-electron chi connectivity index (χ2n) is 4.16. The molecule has 0 fully saturated rings. The Morgan fingerprint density at radius 1 is 0.806 bits per heavy atom. The summed E-state index contributed by atoms with van der Waals surface area (Å²) in [6.45, 7) is 3.24. The Bertz CT molecular complexity index is 560. The first-order valence-electron chi connectivity index (χ1n) is 6.57. The number of hydrogen-bond acceptors (Lipinski definition) is 7. The Morgan fingerprint density at radius 3 is 1.19 bits per heavy atom. The maximum absolute atomic E-state index is 10.5. The number of rotatable bonds is 2. The standard InChI is InChI=1S/C6H10N2.3C2HF3O2.Ce.F/c1-2-4-8-5-3-7-6-8;3*3-2(4,5)1(6)7;;/h3,5-6H,2,4H2,1H3;3*(H,6,7);;/q;;;;+3;/p-3. The van der Waals surface area contributed by atoms with Gasteiger partial charge in [0.25, 0.3) is 0 Å². The van der Waals surface area contributed by atoms with Gasteiger partial charge in [-0.1, -0.05) is 6.92 Å². The number of nitrogens with zero attached hydrogens (tertiary/aromatic N) is 2. The molecule has 178 valence electrons. The number of carboxylic acids is 3. The van der Waals surface area contributed by atoms with Crippen molar-refractivity contribution in [3.63, 3.8) is 0 Å². The predicted octanol–water partition coefficient (Wildman–Crippen LogP) is -0.391. The topological polar surface area (TPSA) is 138 Å². The van der Waals surface area contributed by atoms with Crippen LogP contribution in [0.3, 0.4) is 0 Å². The van der Waals surface area contributed by atoms with Crippen molar-refractivity contribution in [2.24, 2.45) is 0 Å². The fourth-order valence-corrected chi connectivity index (χ4v) is 0.677. The summed E-state index contributed by atoms with van der Waals surface area (Å²) in [5, 5.41) is 26.4. The molecule has 1 aromatic rings. The number of alkyl halides is 9. The molecular formula is C12H10CeF10N2O6. The van der Waals surface area contributed by atoms with E-state index in [2.05, 4.69) is 16.5 Å². The molecule has 19 heteroatoms. The van der Waals surface area contributed by atoms with Crippen molar-refractivity contribution in [2.75, 3.05) is 0 Å². The van der Waals surface area contributed by atoms with Crippen molar-refractivity contribution in [1.82, 2.24) is 9.55 Å². The monoisotopic (exact) mass is 608 g/mol. The van der Waals surface area contributed by atoms with Crippen LogP contribution < -0.4 is 15.3 Å². The van der Waals surface area contributed by atoms with E-state index in [1.54, 1.807) is 6.20 Å². The van der Waals surface area contributed by atoms with Crippen molar-refractivity contribution in [1.29, 1.82) is 0 Å². The molecular weight excluding hydrogens is 598 g/mol. The van der Waals surface area contributed by atoms with Gasteiger partial charge in [0, 0.05) is 23.6 Å². The van der Waals surface area contributed by atoms with Crippen LogP contribution in [0.1, 0.15) is 13.3 Å². The van der Waals surface area contributed by atoms with E-state index in [4.69, 9.17) is 29.7 Å². The third kappa shape index (κ3) is 28.3. The van der Waals surface area contributed by atoms with Crippen LogP contribution in [0.25, 0.3) is 0 Å². The maximum Gasteiger partial charge on any atom is 3.00 e. The number of carbonyl (C=O) groups excluding carboxylic acids is 3. The number of carboxylic acid groups (broad SMARTS) is 3. The second kappa shape index (κ2) is 17.9. The molecule has 0 aliphatic rings. The van der Waals surface area contributed by atoms with Crippen molar-refractivity contribution >= 4 is 17.9 Å². The quantitative estimate of drug-likeness (QED) is 0.417. The number of carbonyl (C=O) groups is 3. The summed E-state index contributed by atoms with van der Waals surface area (Å²) in [6.07, 6.45) is -8.79. The van der Waals surface area contributed by atoms with E-state index in [9.17, 15) is 39.5 Å². The molecule has 0 amide bonds. The minimum atomic E-state index is -5.19. The van der Waals surface area contributed by atoms with Crippen LogP contribution in [0, 0.1) is 41.7 Å². The van der Waals surface area contributed by atoms with Gasteiger partial charge in [-0.05, 0) is 6.42 Å². The summed E-state index contributed by atoms with van der Waals surface area (Å²) < 4.78 is 96.7. The van der Waals surface area contributed by atoms with Gasteiger partial charge in [0.05, 0.1) is 6.33 Å². The first-order valence-corrected chi connectivity index (χ1v) is 6.57. The summed E-state index contributed by atoms with van der Waals surface area (Å²) in [7, 11) is 0. The molecule has 1 heterocycles. The number of aliphatic carboxylic acids is 3. The van der Waals surface area contributed by atoms with E-state index >= 15 is 0 Å². The zero-order chi connectivity index (χ0) is 24.1. The Balaban J connectivity index is -0.0000000951. The first kappa shape index (κ1) is 39.7. The van der Waals surface area contributed by atoms with E-state index < -0.39 is 36.4 Å². The summed E-state index contributed by atoms with van der Waals surface area (Å²) >= 11 is 0. The maximum atomic E-state index is 10.5. The van der Waals surface area contributed by atoms with Crippen molar-refractivity contribution < 1.29 is 116 Å². The van der Waals surface area contributed by atoms with E-state index in [0.717, 1.165) is 6.54 Å². The van der Waals surface area contributed by atoms with Crippen LogP contribution in [-0.4, -0.2) is 46.0 Å². The van der Waals surface area contributed by atoms with Gasteiger partial charge < -0.3 is 34.3 Å². The third-order valence-electron chi connectivity index (χ3n) is 1.74. The average Bonchev–Trinajstić information content (AvgIpc) is 2.99. The molecule has 0 saturated carbocycles. The molecule has 0 atom stereocenters. The molecule has 31 heavy (non-hydrogen) atoms. The predicted molar refractivity (Wildman–Crippen MR) is 66.8 cm³/mol. The summed E-state index contributed by atoms with van der Waals surface area (Å²) in [5.74, 6) is -9.02. The number of imidazole rings is 1. The SMILES string of the molecule is CCCn1ccnc1.O=C([O-])C(F)(F)F.O=C([O-])C(F)(F)F.O=C([O-])C(F)(F)F.[Ce+3].[F]. The van der Waals surface area contributed by atoms with E-state index in [1.165, 1.54) is 6.42 Å². The van der Waals surface area contributed by atoms with Crippen LogP contribution >= 0.6 is 0 Å². The number of aryl methyl sites for hydroxylation is 1. The fourth-order valence-electron chi connectivity index (χ4n) is 0.677. The largest absolute Gasteiger partial charge is 3.00 e. The number of aromatic nitrogens is 2. The molecule has 0 aliphatic carbocycles. The van der Waals surface area contributed by atoms with Gasteiger partial charge >= 0.3 is 60.3 Å². The Kier molecular flexibility index (Phi) is 23.0. The van der Waals surface area contributed by atoms with Gasteiger partial charge in [-0.2, -0.15) is 39.5 Å². The summed E-state index contributed by atoms with van der Waals surface area (Å²) in [6, 6.07) is 0. The molecule has 0 aliphatic heterocycles. The number of halogens is 10. The second-order valence-corrected chi connectivity index (χ2v) is 4.16. The minimum Gasteiger partial charge on any atom is -0.542 e. The van der Waals surface area contributed by atoms with Gasteiger partial charge in [-0.25, -0.2) is 4.98 Å². The van der Waals surface area contributed by atoms with Gasteiger partial charge in [-0.3, -0.25) is 0 Å². The van der Waals surface area contributed by atoms with Gasteiger partial charge in [0.1, 0.15) is 17.9 Å². The molecule has 0 spiro atoms. The Hall–Kier alpha value is -1.70. The van der Waals surface area contributed by atoms with Crippen molar-refractivity contribution in [2.45, 2.75) is 38.4 Å². The molecule has 1 aromatic heterocycles. The zero-order valence-corrected chi connectivity index (χ0v) is 17.9. The van der Waals surface area contributed by atoms with Crippen LogP contribution in [-0.2, 0) is 20.9 Å². The molecule has 0 bridgehead atoms. The number of hydrogen-bond donors (Lipinski definition) is 0. The molecule has 0 saturated heterocycles. The van der Waals surface area contributed by atoms with Crippen LogP contribution in [0.5, 0.6) is 0 Å². The molecule has 1 rings (SSSR count). The van der Waals surface area contributed by atoms with E-state index in [-0.39, 0.29) is 46.5 Å². The van der Waals surface area contributed by atoms with Gasteiger partial charge in [0.15, 0.2) is 0 Å². The van der Waals surface area contributed by atoms with Crippen molar-refractivity contribution in [3.05, 3.63) is 18.7 Å². The van der Waals surface area contributed by atoms with Crippen LogP contribution in [0.15, 0.2) is 18.7 Å². The van der Waals surface area contributed by atoms with Gasteiger partial charge in [0.2, 0.25) is 0 Å². The van der Waals surface area contributed by atoms with Crippen molar-refractivity contribution in [3.8, 4) is 0 Å². The Labute approximate surface area is 199 Å². The van der Waals surface area contributed by atoms with E-state index in [0.29, 0.717) is 0 Å².